The maximum Gasteiger partial charge on any atom is 0.263 e. The Morgan fingerprint density at radius 1 is 1.37 bits per heavy atom. The number of hydrogen-bond donors (Lipinski definition) is 0. The quantitative estimate of drug-likeness (QED) is 0.286. The Morgan fingerprint density at radius 2 is 2.13 bits per heavy atom. The van der Waals surface area contributed by atoms with Crippen molar-refractivity contribution < 1.29 is 9.53 Å². The summed E-state index contributed by atoms with van der Waals surface area (Å²) in [5.74, 6) is 1.10. The number of hydrogen-bond acceptors (Lipinski definition) is 6. The summed E-state index contributed by atoms with van der Waals surface area (Å²) in [5, 5.41) is 3.03. The van der Waals surface area contributed by atoms with E-state index >= 15 is 0 Å². The van der Waals surface area contributed by atoms with Gasteiger partial charge in [-0.2, -0.15) is 0 Å². The smallest absolute Gasteiger partial charge is 0.263 e. The Hall–Kier alpha value is -2.58. The second-order valence-corrected chi connectivity index (χ2v) is 8.96. The zero-order valence-electron chi connectivity index (χ0n) is 16.7. The van der Waals surface area contributed by atoms with Gasteiger partial charge in [-0.3, -0.25) is 14.2 Å². The Balaban J connectivity index is 1.50. The number of fused-ring (bicyclic) bond motifs is 1. The first-order valence-electron chi connectivity index (χ1n) is 9.75. The normalized spacial score (nSPS) is 13.4. The Kier molecular flexibility index (Phi) is 6.24. The monoisotopic (exact) mass is 441 g/mol. The van der Waals surface area contributed by atoms with Crippen LogP contribution in [-0.2, 0) is 17.9 Å². The molecule has 0 bridgehead atoms. The van der Waals surface area contributed by atoms with E-state index < -0.39 is 0 Å². The highest BCUT2D eigenvalue weighted by Crippen LogP contribution is 2.30. The fourth-order valence-electron chi connectivity index (χ4n) is 3.27. The maximum atomic E-state index is 13.0. The first-order valence-corrected chi connectivity index (χ1v) is 11.6. The topological polar surface area (TPSA) is 64.4 Å². The van der Waals surface area contributed by atoms with E-state index in [1.165, 1.54) is 23.1 Å². The van der Waals surface area contributed by atoms with Crippen LogP contribution in [0.4, 0.5) is 0 Å². The minimum Gasteiger partial charge on any atom is -0.497 e. The van der Waals surface area contributed by atoms with Gasteiger partial charge < -0.3 is 9.64 Å². The van der Waals surface area contributed by atoms with Gasteiger partial charge in [0.25, 0.3) is 5.56 Å². The highest BCUT2D eigenvalue weighted by molar-refractivity contribution is 7.99. The molecule has 156 valence electrons. The lowest BCUT2D eigenvalue weighted by molar-refractivity contribution is -0.129. The lowest BCUT2D eigenvalue weighted by atomic mass is 10.2. The Bertz CT molecular complexity index is 1120. The van der Waals surface area contributed by atoms with Crippen LogP contribution in [0, 0.1) is 0 Å². The second-order valence-electron chi connectivity index (χ2n) is 7.13. The first-order chi connectivity index (χ1) is 14.6. The number of methoxy groups -OCH3 is 1. The van der Waals surface area contributed by atoms with Crippen LogP contribution in [0.2, 0.25) is 0 Å². The number of ether oxygens (including phenoxy) is 1. The summed E-state index contributed by atoms with van der Waals surface area (Å²) in [5.41, 5.74) is 0.983. The Labute approximate surface area is 183 Å². The molecule has 0 radical (unpaired) electrons. The number of carbonyl (C=O) groups is 1. The van der Waals surface area contributed by atoms with E-state index in [4.69, 9.17) is 4.74 Å². The second kappa shape index (κ2) is 9.06. The van der Waals surface area contributed by atoms with Gasteiger partial charge in [-0.15, -0.1) is 17.9 Å². The van der Waals surface area contributed by atoms with Crippen molar-refractivity contribution in [2.24, 2.45) is 0 Å². The maximum absolute atomic E-state index is 13.0. The minimum absolute atomic E-state index is 0.0593. The van der Waals surface area contributed by atoms with Crippen LogP contribution in [0.25, 0.3) is 10.2 Å². The number of carbonyl (C=O) groups excluding carboxylic acids is 1. The first kappa shape index (κ1) is 20.7. The van der Waals surface area contributed by atoms with E-state index in [-0.39, 0.29) is 17.2 Å². The van der Waals surface area contributed by atoms with Crippen molar-refractivity contribution in [2.45, 2.75) is 37.1 Å². The van der Waals surface area contributed by atoms with E-state index in [1.807, 2.05) is 34.5 Å². The van der Waals surface area contributed by atoms with Gasteiger partial charge in [-0.1, -0.05) is 30.0 Å². The third-order valence-corrected chi connectivity index (χ3v) is 6.77. The number of nitrogens with zero attached hydrogens (tertiary/aromatic N) is 3. The molecule has 30 heavy (non-hydrogen) atoms. The molecule has 1 fully saturated rings. The molecule has 0 saturated heterocycles. The summed E-state index contributed by atoms with van der Waals surface area (Å²) in [6.45, 7) is 4.68. The number of thiophene rings is 1. The summed E-state index contributed by atoms with van der Waals surface area (Å²) in [7, 11) is 1.64. The van der Waals surface area contributed by atoms with Crippen LogP contribution in [-0.4, -0.2) is 39.3 Å². The van der Waals surface area contributed by atoms with Crippen molar-refractivity contribution in [2.75, 3.05) is 12.9 Å². The van der Waals surface area contributed by atoms with Gasteiger partial charge in [-0.05, 0) is 42.0 Å². The van der Waals surface area contributed by atoms with Crippen molar-refractivity contribution >= 4 is 39.2 Å². The highest BCUT2D eigenvalue weighted by atomic mass is 32.2. The standard InChI is InChI=1S/C22H23N3O3S2/c1-3-11-24-21(27)18-10-12-29-20(18)23-22(24)30-14-19(26)25(16-6-7-16)13-15-4-8-17(28-2)9-5-15/h3-5,8-10,12,16H,1,6-7,11,13-14H2,2H3. The fraction of sp³-hybridized carbons (Fsp3) is 0.318. The van der Waals surface area contributed by atoms with Gasteiger partial charge >= 0.3 is 0 Å². The third-order valence-electron chi connectivity index (χ3n) is 5.00. The van der Waals surface area contributed by atoms with Gasteiger partial charge in [0, 0.05) is 19.1 Å². The Morgan fingerprint density at radius 3 is 2.80 bits per heavy atom. The van der Waals surface area contributed by atoms with Crippen LogP contribution in [0.1, 0.15) is 18.4 Å². The van der Waals surface area contributed by atoms with E-state index in [1.54, 1.807) is 23.8 Å². The van der Waals surface area contributed by atoms with Crippen LogP contribution in [0.5, 0.6) is 5.75 Å². The van der Waals surface area contributed by atoms with E-state index in [9.17, 15) is 9.59 Å². The number of allylic oxidation sites excluding steroid dienone is 1. The molecule has 0 spiro atoms. The van der Waals surface area contributed by atoms with Crippen molar-refractivity contribution in [1.29, 1.82) is 0 Å². The molecule has 1 aliphatic rings. The van der Waals surface area contributed by atoms with Crippen molar-refractivity contribution in [3.63, 3.8) is 0 Å². The molecule has 0 unspecified atom stereocenters. The molecule has 8 heteroatoms. The van der Waals surface area contributed by atoms with Crippen molar-refractivity contribution in [1.82, 2.24) is 14.5 Å². The molecule has 0 N–H and O–H groups in total. The molecular weight excluding hydrogens is 418 g/mol. The predicted octanol–water partition coefficient (Wildman–Crippen LogP) is 3.94. The molecule has 0 atom stereocenters. The molecule has 6 nitrogen and oxygen atoms in total. The minimum atomic E-state index is -0.0895. The lowest BCUT2D eigenvalue weighted by Crippen LogP contribution is -2.34. The molecule has 3 aromatic rings. The van der Waals surface area contributed by atoms with Crippen LogP contribution in [0.15, 0.2) is 58.3 Å². The molecular formula is C22H23N3O3S2. The zero-order chi connectivity index (χ0) is 21.1. The van der Waals surface area contributed by atoms with E-state index in [0.29, 0.717) is 34.5 Å². The summed E-state index contributed by atoms with van der Waals surface area (Å²) in [6.07, 6.45) is 3.74. The van der Waals surface area contributed by atoms with Crippen LogP contribution < -0.4 is 10.3 Å². The molecule has 2 aromatic heterocycles. The summed E-state index contributed by atoms with van der Waals surface area (Å²) >= 11 is 2.75. The molecule has 1 aliphatic carbocycles. The van der Waals surface area contributed by atoms with E-state index in [0.717, 1.165) is 24.2 Å². The third kappa shape index (κ3) is 4.44. The van der Waals surface area contributed by atoms with Gasteiger partial charge in [0.1, 0.15) is 10.6 Å². The molecule has 4 rings (SSSR count). The highest BCUT2D eigenvalue weighted by Gasteiger charge is 2.32. The number of amides is 1. The fourth-order valence-corrected chi connectivity index (χ4v) is 4.97. The van der Waals surface area contributed by atoms with Gasteiger partial charge in [0.2, 0.25) is 5.91 Å². The summed E-state index contributed by atoms with van der Waals surface area (Å²) in [6, 6.07) is 9.88. The average Bonchev–Trinajstić information content (AvgIpc) is 3.49. The molecule has 1 saturated carbocycles. The average molecular weight is 442 g/mol. The van der Waals surface area contributed by atoms with Crippen molar-refractivity contribution in [3.05, 3.63) is 64.3 Å². The van der Waals surface area contributed by atoms with Crippen LogP contribution >= 0.6 is 23.1 Å². The number of thioether (sulfide) groups is 1. The predicted molar refractivity (Wildman–Crippen MR) is 121 cm³/mol. The van der Waals surface area contributed by atoms with E-state index in [2.05, 4.69) is 11.6 Å². The number of aromatic nitrogens is 2. The van der Waals surface area contributed by atoms with Gasteiger partial charge in [-0.25, -0.2) is 4.98 Å². The summed E-state index contributed by atoms with van der Waals surface area (Å²) in [4.78, 5) is 33.1. The SMILES string of the molecule is C=CCn1c(SCC(=O)N(Cc2ccc(OC)cc2)C2CC2)nc2sccc2c1=O. The van der Waals surface area contributed by atoms with Crippen molar-refractivity contribution in [3.8, 4) is 5.75 Å². The lowest BCUT2D eigenvalue weighted by Gasteiger charge is -2.23. The molecule has 2 heterocycles. The largest absolute Gasteiger partial charge is 0.497 e. The van der Waals surface area contributed by atoms with Gasteiger partial charge in [0.05, 0.1) is 18.2 Å². The summed E-state index contributed by atoms with van der Waals surface area (Å²) < 4.78 is 6.80. The number of rotatable bonds is 9. The molecule has 1 amide bonds. The number of benzene rings is 1. The van der Waals surface area contributed by atoms with Crippen LogP contribution in [0.3, 0.4) is 0 Å². The molecule has 0 aliphatic heterocycles. The van der Waals surface area contributed by atoms with Gasteiger partial charge in [0.15, 0.2) is 5.16 Å². The zero-order valence-corrected chi connectivity index (χ0v) is 18.4. The molecule has 1 aromatic carbocycles.